The first kappa shape index (κ1) is 15.5. The van der Waals surface area contributed by atoms with E-state index in [1.807, 2.05) is 30.3 Å². The second-order valence-corrected chi connectivity index (χ2v) is 5.61. The minimum Gasteiger partial charge on any atom is -0.267 e. The molecule has 1 heterocycles. The van der Waals surface area contributed by atoms with Crippen molar-refractivity contribution in [2.45, 2.75) is 0 Å². The van der Waals surface area contributed by atoms with E-state index in [2.05, 4.69) is 10.1 Å². The summed E-state index contributed by atoms with van der Waals surface area (Å²) >= 11 is 11.8. The molecule has 6 heteroatoms. The van der Waals surface area contributed by atoms with E-state index in [1.165, 1.54) is 18.3 Å². The van der Waals surface area contributed by atoms with Crippen LogP contribution in [0.2, 0.25) is 10.0 Å². The lowest BCUT2D eigenvalue weighted by atomic mass is 10.2. The maximum atomic E-state index is 12.2. The summed E-state index contributed by atoms with van der Waals surface area (Å²) in [6, 6.07) is 16.0. The smallest absolute Gasteiger partial charge is 0.267 e. The van der Waals surface area contributed by atoms with Gasteiger partial charge < -0.3 is 0 Å². The highest BCUT2D eigenvalue weighted by molar-refractivity contribution is 6.35. The molecule has 0 aliphatic rings. The van der Waals surface area contributed by atoms with Gasteiger partial charge in [0.2, 0.25) is 0 Å². The number of amides is 1. The lowest BCUT2D eigenvalue weighted by molar-refractivity contribution is 0.0998. The Morgan fingerprint density at radius 2 is 1.70 bits per heavy atom. The van der Waals surface area contributed by atoms with Crippen molar-refractivity contribution in [1.82, 2.24) is 9.78 Å². The number of benzene rings is 2. The van der Waals surface area contributed by atoms with Crippen LogP contribution in [0.4, 0.5) is 0 Å². The van der Waals surface area contributed by atoms with Crippen LogP contribution in [0.25, 0.3) is 5.69 Å². The number of nitrogens with zero attached hydrogens (tertiary/aromatic N) is 3. The first-order valence-corrected chi connectivity index (χ1v) is 7.53. The predicted molar refractivity (Wildman–Crippen MR) is 89.9 cm³/mol. The Balaban J connectivity index is 1.89. The third kappa shape index (κ3) is 3.86. The summed E-state index contributed by atoms with van der Waals surface area (Å²) < 4.78 is 1.69. The molecule has 114 valence electrons. The fourth-order valence-electron chi connectivity index (χ4n) is 2.01. The number of carbonyl (C=O) groups excluding carboxylic acids is 1. The average Bonchev–Trinajstić information content (AvgIpc) is 2.55. The van der Waals surface area contributed by atoms with Crippen LogP contribution < -0.4 is 5.36 Å². The molecular formula is C17H11Cl2N3O. The Morgan fingerprint density at radius 1 is 1.00 bits per heavy atom. The van der Waals surface area contributed by atoms with Crippen LogP contribution in [0.3, 0.4) is 0 Å². The molecule has 0 saturated carbocycles. The molecule has 23 heavy (non-hydrogen) atoms. The molecule has 0 fully saturated rings. The second-order valence-electron chi connectivity index (χ2n) is 4.74. The molecule has 0 aliphatic heterocycles. The SMILES string of the molecule is O=C(/N=c1\ccn(-c2ccccc2)nc1)c1cc(Cl)cc(Cl)c1. The van der Waals surface area contributed by atoms with Gasteiger partial charge in [0, 0.05) is 21.8 Å². The van der Waals surface area contributed by atoms with E-state index < -0.39 is 5.91 Å². The van der Waals surface area contributed by atoms with Crippen molar-refractivity contribution in [2.75, 3.05) is 0 Å². The zero-order chi connectivity index (χ0) is 16.2. The summed E-state index contributed by atoms with van der Waals surface area (Å²) in [5.74, 6) is -0.423. The van der Waals surface area contributed by atoms with Gasteiger partial charge in [0.05, 0.1) is 17.2 Å². The van der Waals surface area contributed by atoms with Crippen LogP contribution in [0.15, 0.2) is 72.0 Å². The zero-order valence-electron chi connectivity index (χ0n) is 11.9. The van der Waals surface area contributed by atoms with Gasteiger partial charge in [-0.15, -0.1) is 0 Å². The monoisotopic (exact) mass is 343 g/mol. The van der Waals surface area contributed by atoms with Crippen LogP contribution in [-0.2, 0) is 0 Å². The van der Waals surface area contributed by atoms with Gasteiger partial charge in [-0.05, 0) is 36.4 Å². The summed E-state index contributed by atoms with van der Waals surface area (Å²) in [4.78, 5) is 16.2. The van der Waals surface area contributed by atoms with Gasteiger partial charge in [0.15, 0.2) is 0 Å². The van der Waals surface area contributed by atoms with Crippen LogP contribution in [0.5, 0.6) is 0 Å². The number of carbonyl (C=O) groups is 1. The van der Waals surface area contributed by atoms with Gasteiger partial charge in [0.1, 0.15) is 0 Å². The largest absolute Gasteiger partial charge is 0.277 e. The Hall–Kier alpha value is -2.43. The van der Waals surface area contributed by atoms with E-state index >= 15 is 0 Å². The number of hydrogen-bond donors (Lipinski definition) is 0. The quantitative estimate of drug-likeness (QED) is 0.707. The Kier molecular flexibility index (Phi) is 4.55. The number of rotatable bonds is 2. The summed E-state index contributed by atoms with van der Waals surface area (Å²) in [5.41, 5.74) is 1.26. The number of halogens is 2. The Labute approximate surface area is 142 Å². The molecule has 2 aromatic carbocycles. The summed E-state index contributed by atoms with van der Waals surface area (Å²) in [6.07, 6.45) is 3.27. The number of hydrogen-bond acceptors (Lipinski definition) is 2. The van der Waals surface area contributed by atoms with Crippen LogP contribution in [0.1, 0.15) is 10.4 Å². The average molecular weight is 344 g/mol. The van der Waals surface area contributed by atoms with Crippen molar-refractivity contribution in [2.24, 2.45) is 4.99 Å². The third-order valence-corrected chi connectivity index (χ3v) is 3.50. The molecule has 0 atom stereocenters. The van der Waals surface area contributed by atoms with Crippen LogP contribution in [0, 0.1) is 0 Å². The summed E-state index contributed by atoms with van der Waals surface area (Å²) in [7, 11) is 0. The third-order valence-electron chi connectivity index (χ3n) is 3.06. The lowest BCUT2D eigenvalue weighted by Crippen LogP contribution is -2.11. The van der Waals surface area contributed by atoms with Crippen molar-refractivity contribution in [3.63, 3.8) is 0 Å². The topological polar surface area (TPSA) is 47.2 Å². The first-order chi connectivity index (χ1) is 11.1. The van der Waals surface area contributed by atoms with Crippen LogP contribution >= 0.6 is 23.2 Å². The highest BCUT2D eigenvalue weighted by Gasteiger charge is 2.06. The molecule has 0 N–H and O–H groups in total. The van der Waals surface area contributed by atoms with E-state index in [-0.39, 0.29) is 0 Å². The first-order valence-electron chi connectivity index (χ1n) is 6.77. The molecule has 1 amide bonds. The standard InChI is InChI=1S/C17H11Cl2N3O/c18-13-8-12(9-14(19)10-13)17(23)21-15-6-7-22(20-11-15)16-4-2-1-3-5-16/h1-11H/b21-15+. The minimum absolute atomic E-state index is 0.335. The van der Waals surface area contributed by atoms with Crippen molar-refractivity contribution in [1.29, 1.82) is 0 Å². The minimum atomic E-state index is -0.423. The van der Waals surface area contributed by atoms with E-state index in [9.17, 15) is 4.79 Å². The zero-order valence-corrected chi connectivity index (χ0v) is 13.4. The van der Waals surface area contributed by atoms with E-state index in [0.29, 0.717) is 21.0 Å². The van der Waals surface area contributed by atoms with Crippen molar-refractivity contribution in [3.8, 4) is 5.69 Å². The van der Waals surface area contributed by atoms with E-state index in [1.54, 1.807) is 23.0 Å². The van der Waals surface area contributed by atoms with Gasteiger partial charge in [-0.3, -0.25) is 4.79 Å². The van der Waals surface area contributed by atoms with Gasteiger partial charge >= 0.3 is 0 Å². The van der Waals surface area contributed by atoms with Gasteiger partial charge in [0.25, 0.3) is 5.91 Å². The predicted octanol–water partition coefficient (Wildman–Crippen LogP) is 3.92. The molecule has 0 spiro atoms. The van der Waals surface area contributed by atoms with Crippen molar-refractivity contribution >= 4 is 29.1 Å². The molecule has 0 saturated heterocycles. The van der Waals surface area contributed by atoms with Gasteiger partial charge in [-0.25, -0.2) is 9.67 Å². The maximum absolute atomic E-state index is 12.2. The highest BCUT2D eigenvalue weighted by Crippen LogP contribution is 2.19. The Bertz CT molecular complexity index is 880. The van der Waals surface area contributed by atoms with Crippen molar-refractivity contribution < 1.29 is 4.79 Å². The van der Waals surface area contributed by atoms with Gasteiger partial charge in [-0.2, -0.15) is 5.10 Å². The van der Waals surface area contributed by atoms with Gasteiger partial charge in [-0.1, -0.05) is 41.4 Å². The molecule has 0 bridgehead atoms. The molecule has 1 aromatic heterocycles. The molecule has 3 aromatic rings. The number of para-hydroxylation sites is 1. The molecule has 3 rings (SSSR count). The fraction of sp³-hybridized carbons (Fsp3) is 0. The Morgan fingerprint density at radius 3 is 2.30 bits per heavy atom. The fourth-order valence-corrected chi connectivity index (χ4v) is 2.53. The summed E-state index contributed by atoms with van der Waals surface area (Å²) in [5, 5.41) is 5.49. The summed E-state index contributed by atoms with van der Waals surface area (Å²) in [6.45, 7) is 0. The molecule has 0 unspecified atom stereocenters. The van der Waals surface area contributed by atoms with Crippen LogP contribution in [-0.4, -0.2) is 15.7 Å². The highest BCUT2D eigenvalue weighted by atomic mass is 35.5. The maximum Gasteiger partial charge on any atom is 0.277 e. The normalized spacial score (nSPS) is 11.5. The molecule has 0 aliphatic carbocycles. The molecular weight excluding hydrogens is 333 g/mol. The lowest BCUT2D eigenvalue weighted by Gasteiger charge is -2.03. The molecule has 0 radical (unpaired) electrons. The van der Waals surface area contributed by atoms with E-state index in [0.717, 1.165) is 5.69 Å². The van der Waals surface area contributed by atoms with Crippen molar-refractivity contribution in [3.05, 3.63) is 88.0 Å². The molecule has 4 nitrogen and oxygen atoms in total. The number of aromatic nitrogens is 2. The second kappa shape index (κ2) is 6.77. The van der Waals surface area contributed by atoms with E-state index in [4.69, 9.17) is 23.2 Å².